The highest BCUT2D eigenvalue weighted by Crippen LogP contribution is 2.64. The molecule has 0 radical (unpaired) electrons. The van der Waals surface area contributed by atoms with Crippen LogP contribution in [0, 0.1) is 0 Å². The Kier molecular flexibility index (Phi) is 20.0. The monoisotopic (exact) mass is 1790 g/mol. The van der Waals surface area contributed by atoms with Gasteiger partial charge in [0, 0.05) is 49.1 Å². The van der Waals surface area contributed by atoms with Crippen LogP contribution in [0.25, 0.3) is 143 Å². The van der Waals surface area contributed by atoms with Crippen LogP contribution in [0.5, 0.6) is 0 Å². The van der Waals surface area contributed by atoms with Gasteiger partial charge in [-0.2, -0.15) is 0 Å². The van der Waals surface area contributed by atoms with Crippen molar-refractivity contribution in [1.29, 1.82) is 0 Å². The van der Waals surface area contributed by atoms with E-state index < -0.39 is 0 Å². The van der Waals surface area contributed by atoms with E-state index in [2.05, 4.69) is 506 Å². The molecule has 2 heterocycles. The van der Waals surface area contributed by atoms with Crippen molar-refractivity contribution in [2.45, 2.75) is 68.6 Å². The van der Waals surface area contributed by atoms with Gasteiger partial charge in [-0.1, -0.05) is 458 Å². The van der Waals surface area contributed by atoms with Gasteiger partial charge in [-0.05, 0) is 268 Å². The molecule has 3 heteroatoms. The lowest BCUT2D eigenvalue weighted by Gasteiger charge is -2.34. The molecule has 0 unspecified atom stereocenters. The molecule has 24 aromatic rings. The second-order valence-corrected chi connectivity index (χ2v) is 39.6. The van der Waals surface area contributed by atoms with E-state index in [0.717, 1.165) is 53.0 Å². The zero-order chi connectivity index (χ0) is 93.4. The largest absolute Gasteiger partial charge is 0.456 e. The van der Waals surface area contributed by atoms with Gasteiger partial charge in [-0.25, -0.2) is 0 Å². The van der Waals surface area contributed by atoms with Crippen LogP contribution in [0.2, 0.25) is 0 Å². The van der Waals surface area contributed by atoms with Gasteiger partial charge in [0.25, 0.3) is 0 Å². The van der Waals surface area contributed by atoms with E-state index in [0.29, 0.717) is 0 Å². The molecule has 22 aromatic carbocycles. The number of rotatable bonds is 11. The third-order valence-electron chi connectivity index (χ3n) is 31.0. The Morgan fingerprint density at radius 2 is 0.571 bits per heavy atom. The highest BCUT2D eigenvalue weighted by molar-refractivity contribution is 6.19. The second-order valence-electron chi connectivity index (χ2n) is 39.6. The van der Waals surface area contributed by atoms with Gasteiger partial charge >= 0.3 is 0 Å². The first-order valence-corrected chi connectivity index (χ1v) is 49.2. The predicted octanol–water partition coefficient (Wildman–Crippen LogP) is 35.5. The maximum absolute atomic E-state index is 6.23. The Balaban J connectivity index is 0.0000000965. The van der Waals surface area contributed by atoms with Crippen LogP contribution in [0.4, 0.5) is 11.4 Å². The first-order chi connectivity index (χ1) is 68.9. The lowest BCUT2D eigenvalue weighted by atomic mass is 9.67. The number of para-hydroxylation sites is 1. The van der Waals surface area contributed by atoms with Crippen molar-refractivity contribution in [3.8, 4) is 66.8 Å². The molecule has 0 saturated heterocycles. The third-order valence-corrected chi connectivity index (χ3v) is 31.0. The minimum absolute atomic E-state index is 0.00288. The highest BCUT2D eigenvalue weighted by Gasteiger charge is 2.52. The summed E-state index contributed by atoms with van der Waals surface area (Å²) >= 11 is 0. The van der Waals surface area contributed by atoms with E-state index in [9.17, 15) is 0 Å². The molecule has 140 heavy (non-hydrogen) atoms. The Labute approximate surface area is 816 Å². The topological polar surface area (TPSA) is 38.3 Å². The van der Waals surface area contributed by atoms with E-state index in [4.69, 9.17) is 8.83 Å². The van der Waals surface area contributed by atoms with Crippen LogP contribution in [-0.2, 0) is 40.9 Å². The van der Waals surface area contributed by atoms with Gasteiger partial charge in [0.2, 0.25) is 0 Å². The molecular formula is C137H99NO2. The summed E-state index contributed by atoms with van der Waals surface area (Å²) in [5, 5.41) is 16.2. The lowest BCUT2D eigenvalue weighted by Crippen LogP contribution is -2.28. The van der Waals surface area contributed by atoms with Crippen LogP contribution >= 0.6 is 0 Å². The average Bonchev–Trinajstić information content (AvgIpc) is 1.51. The maximum Gasteiger partial charge on any atom is 0.136 e. The number of benzene rings is 22. The van der Waals surface area contributed by atoms with Crippen molar-refractivity contribution in [1.82, 2.24) is 0 Å². The number of nitrogens with one attached hydrogen (secondary N) is 1. The summed E-state index contributed by atoms with van der Waals surface area (Å²) in [5.74, 6) is 0. The molecule has 0 saturated carbocycles. The predicted molar refractivity (Wildman–Crippen MR) is 584 cm³/mol. The number of anilines is 2. The first kappa shape index (κ1) is 83.6. The molecule has 664 valence electrons. The van der Waals surface area contributed by atoms with Crippen molar-refractivity contribution in [3.63, 3.8) is 0 Å². The smallest absolute Gasteiger partial charge is 0.136 e. The van der Waals surface area contributed by atoms with Crippen LogP contribution < -0.4 is 5.32 Å². The molecule has 5 aliphatic carbocycles. The molecule has 5 aliphatic rings. The molecule has 29 rings (SSSR count). The minimum Gasteiger partial charge on any atom is -0.456 e. The van der Waals surface area contributed by atoms with E-state index >= 15 is 0 Å². The van der Waals surface area contributed by atoms with Gasteiger partial charge in [0.15, 0.2) is 0 Å². The van der Waals surface area contributed by atoms with Crippen molar-refractivity contribution < 1.29 is 8.83 Å². The number of furan rings is 2. The maximum atomic E-state index is 6.23. The molecule has 1 spiro atoms. The summed E-state index contributed by atoms with van der Waals surface area (Å²) in [6, 6.07) is 177. The molecule has 0 bridgehead atoms. The second kappa shape index (κ2) is 33.5. The fourth-order valence-corrected chi connectivity index (χ4v) is 24.6. The Bertz CT molecular complexity index is 8950. The Morgan fingerprint density at radius 3 is 1.20 bits per heavy atom. The fraction of sp³-hybridized carbons (Fsp3) is 0.0803. The summed E-state index contributed by atoms with van der Waals surface area (Å²) in [4.78, 5) is 0. The van der Waals surface area contributed by atoms with E-state index in [1.807, 2.05) is 12.1 Å². The standard InChI is InChI=1S/C38H26.C36H26O.C35H25N.C28H22O/c1-2-10-28(11-3-1)29-21-18-26(19-22-29)24-27-20-23-33-32-14-6-9-17-36(32)38(37(33)25-27)34-15-7-4-12-30(34)31-13-5-8-16-35(31)38;1-36(2)30-15-11-22(20-28(30)34-26-9-5-3-7-24(26)13-16-31(34)36)19-23-12-17-32-29(21-23)35-27-10-6-4-8-25(27)14-18-33(35)37-32;1-3-14-26(15-4-1)35(27-16-5-2-6-17-27)32-20-10-9-19-30(32)31-23-22-28(24-33(31)35)36-34-21-11-13-25-12-7-8-18-29(25)34;1-28(2)24-9-5-3-7-20(24)22-16-18(11-13-25(22)28)15-19-12-14-27-23(17-19)21-8-4-6-10-26(21)29-27/h1-23,25H,24H2;3-18,20-21H,19H2,1-2H3;1-24,36H;3-14,16-17H,15H2,1-2H3. The van der Waals surface area contributed by atoms with E-state index in [1.54, 1.807) is 0 Å². The lowest BCUT2D eigenvalue weighted by molar-refractivity contribution is 0.660. The number of hydrogen-bond acceptors (Lipinski definition) is 3. The van der Waals surface area contributed by atoms with Crippen molar-refractivity contribution in [2.75, 3.05) is 5.32 Å². The molecule has 1 N–H and O–H groups in total. The fourth-order valence-electron chi connectivity index (χ4n) is 24.6. The van der Waals surface area contributed by atoms with Crippen molar-refractivity contribution in [3.05, 3.63) is 585 Å². The van der Waals surface area contributed by atoms with Crippen LogP contribution in [0.1, 0.15) is 128 Å². The van der Waals surface area contributed by atoms with Crippen LogP contribution in [0.15, 0.2) is 494 Å². The normalized spacial score (nSPS) is 13.7. The molecule has 0 atom stereocenters. The Morgan fingerprint density at radius 1 is 0.200 bits per heavy atom. The van der Waals surface area contributed by atoms with Gasteiger partial charge < -0.3 is 14.2 Å². The Hall–Kier alpha value is -17.0. The third kappa shape index (κ3) is 13.6. The molecular weight excluding hydrogens is 1690 g/mol. The van der Waals surface area contributed by atoms with Crippen LogP contribution in [-0.4, -0.2) is 0 Å². The molecule has 2 aromatic heterocycles. The van der Waals surface area contributed by atoms with E-state index in [1.165, 1.54) is 221 Å². The molecule has 0 fully saturated rings. The summed E-state index contributed by atoms with van der Waals surface area (Å²) in [5.41, 5.74) is 46.1. The number of fused-ring (bicyclic) bond motifs is 30. The summed E-state index contributed by atoms with van der Waals surface area (Å²) in [6.07, 6.45) is 2.73. The van der Waals surface area contributed by atoms with Gasteiger partial charge in [-0.15, -0.1) is 0 Å². The van der Waals surface area contributed by atoms with Crippen LogP contribution in [0.3, 0.4) is 0 Å². The van der Waals surface area contributed by atoms with Gasteiger partial charge in [0.1, 0.15) is 22.3 Å². The van der Waals surface area contributed by atoms with Gasteiger partial charge in [0.05, 0.1) is 10.8 Å². The summed E-state index contributed by atoms with van der Waals surface area (Å²) in [7, 11) is 0. The summed E-state index contributed by atoms with van der Waals surface area (Å²) < 4.78 is 12.2. The first-order valence-electron chi connectivity index (χ1n) is 49.2. The minimum atomic E-state index is -0.384. The molecule has 0 aliphatic heterocycles. The summed E-state index contributed by atoms with van der Waals surface area (Å²) in [6.45, 7) is 9.37. The average molecular weight is 1790 g/mol. The SMILES string of the molecule is CC1(C)c2ccc(Cc3ccc4oc5ccc6ccccc6c5c4c3)cc2-c2c1ccc1ccccc21.CC1(C)c2ccccc2-c2cc(Cc3ccc4oc5ccccc5c4c3)ccc21.c1ccc(-c2ccc(Cc3ccc4c(c3)C3(c5ccccc5-c5ccccc53)c3ccccc3-4)cc2)cc1.c1ccc(C2(c3ccccc3)c3ccccc3-c3ccc(Nc4cccc5ccccc45)cc32)cc1. The molecule has 0 amide bonds. The number of hydrogen-bond donors (Lipinski definition) is 1. The van der Waals surface area contributed by atoms with E-state index in [-0.39, 0.29) is 21.7 Å². The van der Waals surface area contributed by atoms with Gasteiger partial charge in [-0.3, -0.25) is 0 Å². The molecule has 3 nitrogen and oxygen atoms in total. The van der Waals surface area contributed by atoms with Crippen molar-refractivity contribution in [2.24, 2.45) is 0 Å². The zero-order valence-corrected chi connectivity index (χ0v) is 78.6. The quantitative estimate of drug-likeness (QED) is 0.140. The van der Waals surface area contributed by atoms with Crippen molar-refractivity contribution >= 4 is 87.6 Å². The zero-order valence-electron chi connectivity index (χ0n) is 78.6. The highest BCUT2D eigenvalue weighted by atomic mass is 16.3.